The van der Waals surface area contributed by atoms with E-state index in [0.717, 1.165) is 19.3 Å². The van der Waals surface area contributed by atoms with E-state index >= 15 is 0 Å². The number of unbranched alkanes of at least 4 members (excludes halogenated alkanes) is 5. The van der Waals surface area contributed by atoms with Crippen molar-refractivity contribution in [2.75, 3.05) is 6.61 Å². The molecule has 22 heavy (non-hydrogen) atoms. The second kappa shape index (κ2) is 14.9. The van der Waals surface area contributed by atoms with Gasteiger partial charge in [0.25, 0.3) is 0 Å². The highest BCUT2D eigenvalue weighted by atomic mass is 16.5. The summed E-state index contributed by atoms with van der Waals surface area (Å²) in [7, 11) is 0. The molecule has 0 aliphatic heterocycles. The first-order valence-corrected chi connectivity index (χ1v) is 8.95. The fourth-order valence-corrected chi connectivity index (χ4v) is 2.22. The van der Waals surface area contributed by atoms with Gasteiger partial charge in [0.2, 0.25) is 0 Å². The predicted octanol–water partition coefficient (Wildman–Crippen LogP) is 4.79. The number of carbonyl (C=O) groups is 2. The quantitative estimate of drug-likeness (QED) is 0.341. The molecule has 0 aromatic carbocycles. The van der Waals surface area contributed by atoms with E-state index in [9.17, 15) is 9.59 Å². The maximum Gasteiger partial charge on any atom is 0.306 e. The Balaban J connectivity index is 3.51. The zero-order chi connectivity index (χ0) is 16.6. The zero-order valence-electron chi connectivity index (χ0n) is 14.7. The first-order valence-electron chi connectivity index (χ1n) is 8.95. The Morgan fingerprint density at radius 2 is 1.45 bits per heavy atom. The van der Waals surface area contributed by atoms with Crippen molar-refractivity contribution in [3.8, 4) is 0 Å². The molecule has 0 saturated carbocycles. The van der Waals surface area contributed by atoms with E-state index in [4.69, 9.17) is 9.47 Å². The lowest BCUT2D eigenvalue weighted by atomic mass is 10.1. The van der Waals surface area contributed by atoms with Crippen LogP contribution < -0.4 is 0 Å². The van der Waals surface area contributed by atoms with Crippen molar-refractivity contribution in [1.82, 2.24) is 0 Å². The number of hydrogen-bond donors (Lipinski definition) is 0. The van der Waals surface area contributed by atoms with Crippen molar-refractivity contribution in [1.29, 1.82) is 0 Å². The smallest absolute Gasteiger partial charge is 0.306 e. The van der Waals surface area contributed by atoms with E-state index in [-0.39, 0.29) is 18.0 Å². The molecule has 0 N–H and O–H groups in total. The maximum atomic E-state index is 11.6. The number of esters is 2. The fraction of sp³-hybridized carbons (Fsp3) is 0.889. The fourth-order valence-electron chi connectivity index (χ4n) is 2.22. The molecule has 0 rings (SSSR count). The Morgan fingerprint density at radius 1 is 0.818 bits per heavy atom. The molecule has 0 heterocycles. The Labute approximate surface area is 135 Å². The van der Waals surface area contributed by atoms with Gasteiger partial charge in [-0.25, -0.2) is 0 Å². The topological polar surface area (TPSA) is 52.6 Å². The van der Waals surface area contributed by atoms with E-state index in [2.05, 4.69) is 6.92 Å². The average Bonchev–Trinajstić information content (AvgIpc) is 2.48. The third kappa shape index (κ3) is 13.9. The van der Waals surface area contributed by atoms with E-state index in [1.807, 2.05) is 13.8 Å². The third-order valence-electron chi connectivity index (χ3n) is 3.53. The van der Waals surface area contributed by atoms with Crippen molar-refractivity contribution >= 4 is 11.9 Å². The van der Waals surface area contributed by atoms with Crippen molar-refractivity contribution in [3.05, 3.63) is 0 Å². The third-order valence-corrected chi connectivity index (χ3v) is 3.53. The molecule has 0 aromatic rings. The van der Waals surface area contributed by atoms with E-state index in [0.29, 0.717) is 25.9 Å². The minimum Gasteiger partial charge on any atom is -0.466 e. The van der Waals surface area contributed by atoms with Crippen molar-refractivity contribution in [2.45, 2.75) is 97.5 Å². The van der Waals surface area contributed by atoms with Gasteiger partial charge in [-0.05, 0) is 32.6 Å². The first kappa shape index (κ1) is 20.9. The average molecular weight is 314 g/mol. The Hall–Kier alpha value is -1.06. The molecule has 1 unspecified atom stereocenters. The summed E-state index contributed by atoms with van der Waals surface area (Å²) in [4.78, 5) is 22.9. The molecule has 4 nitrogen and oxygen atoms in total. The molecule has 0 spiro atoms. The highest BCUT2D eigenvalue weighted by molar-refractivity contribution is 5.72. The Kier molecular flexibility index (Phi) is 14.1. The minimum absolute atomic E-state index is 0.0225. The number of rotatable bonds is 14. The Bertz CT molecular complexity index is 289. The molecular weight excluding hydrogens is 280 g/mol. The standard InChI is InChI=1S/C18H34O4/c1-4-6-7-8-9-10-12-16(3)22-18(20)14-11-13-17(19)21-15-5-2/h16H,4-15H2,1-3H3. The molecule has 0 aromatic heterocycles. The van der Waals surface area contributed by atoms with Gasteiger partial charge >= 0.3 is 11.9 Å². The highest BCUT2D eigenvalue weighted by Crippen LogP contribution is 2.11. The summed E-state index contributed by atoms with van der Waals surface area (Å²) in [5, 5.41) is 0. The summed E-state index contributed by atoms with van der Waals surface area (Å²) in [5.74, 6) is -0.434. The molecular formula is C18H34O4. The lowest BCUT2D eigenvalue weighted by Gasteiger charge is -2.13. The van der Waals surface area contributed by atoms with Gasteiger partial charge in [0, 0.05) is 12.8 Å². The number of ether oxygens (including phenoxy) is 2. The summed E-state index contributed by atoms with van der Waals surface area (Å²) in [6.45, 7) is 6.57. The summed E-state index contributed by atoms with van der Waals surface area (Å²) in [6, 6.07) is 0. The summed E-state index contributed by atoms with van der Waals surface area (Å²) in [6.07, 6.45) is 10.3. The van der Waals surface area contributed by atoms with Gasteiger partial charge in [-0.15, -0.1) is 0 Å². The lowest BCUT2D eigenvalue weighted by molar-refractivity contribution is -0.149. The first-order chi connectivity index (χ1) is 10.6. The van der Waals surface area contributed by atoms with Crippen molar-refractivity contribution in [2.24, 2.45) is 0 Å². The largest absolute Gasteiger partial charge is 0.466 e. The van der Waals surface area contributed by atoms with Crippen LogP contribution in [0.4, 0.5) is 0 Å². The second-order valence-electron chi connectivity index (χ2n) is 5.93. The molecule has 130 valence electrons. The minimum atomic E-state index is -0.227. The SMILES string of the molecule is CCCCCCCCC(C)OC(=O)CCCC(=O)OCCC. The van der Waals surface area contributed by atoms with Crippen LogP contribution in [0.2, 0.25) is 0 Å². The van der Waals surface area contributed by atoms with Gasteiger partial charge in [-0.3, -0.25) is 9.59 Å². The molecule has 0 saturated heterocycles. The van der Waals surface area contributed by atoms with Gasteiger partial charge in [0.05, 0.1) is 12.7 Å². The van der Waals surface area contributed by atoms with E-state index < -0.39 is 0 Å². The lowest BCUT2D eigenvalue weighted by Crippen LogP contribution is -2.15. The zero-order valence-corrected chi connectivity index (χ0v) is 14.7. The molecule has 0 aliphatic rings. The summed E-state index contributed by atoms with van der Waals surface area (Å²) in [5.41, 5.74) is 0. The van der Waals surface area contributed by atoms with Gasteiger partial charge in [0.15, 0.2) is 0 Å². The molecule has 0 fully saturated rings. The van der Waals surface area contributed by atoms with Gasteiger partial charge in [-0.1, -0.05) is 46.0 Å². The molecule has 0 bridgehead atoms. The molecule has 0 amide bonds. The van der Waals surface area contributed by atoms with E-state index in [1.54, 1.807) is 0 Å². The van der Waals surface area contributed by atoms with Gasteiger partial charge < -0.3 is 9.47 Å². The van der Waals surface area contributed by atoms with Crippen LogP contribution in [0.5, 0.6) is 0 Å². The second-order valence-corrected chi connectivity index (χ2v) is 5.93. The number of carbonyl (C=O) groups excluding carboxylic acids is 2. The summed E-state index contributed by atoms with van der Waals surface area (Å²) < 4.78 is 10.3. The molecule has 1 atom stereocenters. The molecule has 0 radical (unpaired) electrons. The van der Waals surface area contributed by atoms with Crippen LogP contribution in [0.25, 0.3) is 0 Å². The van der Waals surface area contributed by atoms with Crippen LogP contribution in [0.15, 0.2) is 0 Å². The van der Waals surface area contributed by atoms with Crippen LogP contribution in [0.1, 0.15) is 91.4 Å². The molecule has 4 heteroatoms. The number of hydrogen-bond acceptors (Lipinski definition) is 4. The predicted molar refractivity (Wildman–Crippen MR) is 88.6 cm³/mol. The van der Waals surface area contributed by atoms with Crippen molar-refractivity contribution < 1.29 is 19.1 Å². The van der Waals surface area contributed by atoms with Crippen LogP contribution in [0.3, 0.4) is 0 Å². The van der Waals surface area contributed by atoms with Crippen LogP contribution in [-0.2, 0) is 19.1 Å². The monoisotopic (exact) mass is 314 g/mol. The van der Waals surface area contributed by atoms with Crippen molar-refractivity contribution in [3.63, 3.8) is 0 Å². The normalized spacial score (nSPS) is 12.0. The van der Waals surface area contributed by atoms with Crippen LogP contribution in [0, 0.1) is 0 Å². The van der Waals surface area contributed by atoms with E-state index in [1.165, 1.54) is 32.1 Å². The summed E-state index contributed by atoms with van der Waals surface area (Å²) >= 11 is 0. The maximum absolute atomic E-state index is 11.6. The van der Waals surface area contributed by atoms with Gasteiger partial charge in [-0.2, -0.15) is 0 Å². The van der Waals surface area contributed by atoms with Gasteiger partial charge in [0.1, 0.15) is 0 Å². The Morgan fingerprint density at radius 3 is 2.14 bits per heavy atom. The van der Waals surface area contributed by atoms with Crippen LogP contribution >= 0.6 is 0 Å². The highest BCUT2D eigenvalue weighted by Gasteiger charge is 2.10. The van der Waals surface area contributed by atoms with Crippen LogP contribution in [-0.4, -0.2) is 24.6 Å². The molecule has 0 aliphatic carbocycles.